The van der Waals surface area contributed by atoms with Crippen LogP contribution in [0.25, 0.3) is 0 Å². The predicted molar refractivity (Wildman–Crippen MR) is 99.0 cm³/mol. The Balaban J connectivity index is 2.31. The molecule has 1 unspecified atom stereocenters. The van der Waals surface area contributed by atoms with Crippen LogP contribution in [0.3, 0.4) is 0 Å². The van der Waals surface area contributed by atoms with E-state index in [0.717, 1.165) is 6.42 Å². The van der Waals surface area contributed by atoms with Gasteiger partial charge in [0.05, 0.1) is 10.9 Å². The highest BCUT2D eigenvalue weighted by atomic mass is 35.5. The van der Waals surface area contributed by atoms with Crippen LogP contribution in [-0.2, 0) is 14.8 Å². The van der Waals surface area contributed by atoms with Crippen molar-refractivity contribution in [2.75, 3.05) is 6.61 Å². The van der Waals surface area contributed by atoms with Crippen LogP contribution in [0.1, 0.15) is 31.4 Å². The summed E-state index contributed by atoms with van der Waals surface area (Å²) in [5.41, 5.74) is 0.591. The molecule has 1 atom stereocenters. The van der Waals surface area contributed by atoms with E-state index in [0.29, 0.717) is 22.8 Å². The standard InChI is InChI=1S/C18H20ClNO5S/c1-2-5-16(15-6-3-4-7-17(15)25-12-18(21)22)20-26(23,24)14-10-8-13(19)9-11-14/h3-4,6-11,16,20H,2,5,12H2,1H3,(H,21,22). The molecular weight excluding hydrogens is 378 g/mol. The summed E-state index contributed by atoms with van der Waals surface area (Å²) in [7, 11) is -3.78. The summed E-state index contributed by atoms with van der Waals surface area (Å²) in [6.07, 6.45) is 1.25. The highest BCUT2D eigenvalue weighted by Gasteiger charge is 2.23. The molecule has 0 aliphatic rings. The average molecular weight is 398 g/mol. The van der Waals surface area contributed by atoms with Crippen molar-refractivity contribution in [3.8, 4) is 5.75 Å². The molecule has 2 aromatic carbocycles. The van der Waals surface area contributed by atoms with E-state index >= 15 is 0 Å². The smallest absolute Gasteiger partial charge is 0.341 e. The Hall–Kier alpha value is -2.09. The molecule has 0 aliphatic heterocycles. The molecule has 2 N–H and O–H groups in total. The van der Waals surface area contributed by atoms with Gasteiger partial charge >= 0.3 is 5.97 Å². The molecule has 0 amide bonds. The summed E-state index contributed by atoms with van der Waals surface area (Å²) in [5.74, 6) is -0.763. The number of sulfonamides is 1. The maximum Gasteiger partial charge on any atom is 0.341 e. The van der Waals surface area contributed by atoms with Gasteiger partial charge in [-0.15, -0.1) is 0 Å². The van der Waals surface area contributed by atoms with Crippen LogP contribution < -0.4 is 9.46 Å². The first kappa shape index (κ1) is 20.2. The zero-order valence-electron chi connectivity index (χ0n) is 14.2. The Morgan fingerprint density at radius 3 is 2.46 bits per heavy atom. The second-order valence-electron chi connectivity index (χ2n) is 5.64. The maximum atomic E-state index is 12.7. The first-order valence-corrected chi connectivity index (χ1v) is 9.91. The molecule has 0 saturated carbocycles. The number of nitrogens with one attached hydrogen (secondary N) is 1. The Morgan fingerprint density at radius 1 is 1.19 bits per heavy atom. The number of hydrogen-bond acceptors (Lipinski definition) is 4. The van der Waals surface area contributed by atoms with Crippen molar-refractivity contribution in [1.29, 1.82) is 0 Å². The molecule has 0 heterocycles. The molecule has 0 bridgehead atoms. The summed E-state index contributed by atoms with van der Waals surface area (Å²) in [5, 5.41) is 9.26. The molecule has 0 radical (unpaired) electrons. The molecule has 0 fully saturated rings. The number of carboxylic acid groups (broad SMARTS) is 1. The van der Waals surface area contributed by atoms with Gasteiger partial charge in [0.25, 0.3) is 0 Å². The van der Waals surface area contributed by atoms with E-state index < -0.39 is 28.6 Å². The van der Waals surface area contributed by atoms with Gasteiger partial charge in [0.2, 0.25) is 10.0 Å². The van der Waals surface area contributed by atoms with Crippen molar-refractivity contribution in [2.45, 2.75) is 30.7 Å². The average Bonchev–Trinajstić information content (AvgIpc) is 2.60. The normalized spacial score (nSPS) is 12.5. The minimum absolute atomic E-state index is 0.104. The van der Waals surface area contributed by atoms with Gasteiger partial charge in [-0.25, -0.2) is 17.9 Å². The van der Waals surface area contributed by atoms with E-state index in [1.807, 2.05) is 6.92 Å². The highest BCUT2D eigenvalue weighted by molar-refractivity contribution is 7.89. The Bertz CT molecular complexity index is 852. The summed E-state index contributed by atoms with van der Waals surface area (Å²) in [6.45, 7) is 1.43. The van der Waals surface area contributed by atoms with Gasteiger partial charge in [0.15, 0.2) is 6.61 Å². The van der Waals surface area contributed by atoms with Crippen LogP contribution in [0.4, 0.5) is 0 Å². The Labute approximate surface area is 157 Å². The fourth-order valence-electron chi connectivity index (χ4n) is 2.48. The van der Waals surface area contributed by atoms with E-state index in [1.54, 1.807) is 24.3 Å². The number of hydrogen-bond donors (Lipinski definition) is 2. The molecule has 0 aliphatic carbocycles. The number of carboxylic acids is 1. The highest BCUT2D eigenvalue weighted by Crippen LogP contribution is 2.30. The van der Waals surface area contributed by atoms with Crippen LogP contribution in [0.5, 0.6) is 5.75 Å². The number of carbonyl (C=O) groups is 1. The van der Waals surface area contributed by atoms with Gasteiger partial charge in [-0.3, -0.25) is 0 Å². The number of benzene rings is 2. The quantitative estimate of drug-likeness (QED) is 0.674. The van der Waals surface area contributed by atoms with Crippen LogP contribution in [0, 0.1) is 0 Å². The lowest BCUT2D eigenvalue weighted by atomic mass is 10.0. The predicted octanol–water partition coefficient (Wildman–Crippen LogP) is 3.62. The summed E-state index contributed by atoms with van der Waals surface area (Å²) >= 11 is 5.81. The number of para-hydroxylation sites is 1. The number of halogens is 1. The van der Waals surface area contributed by atoms with Gasteiger partial charge in [-0.1, -0.05) is 43.1 Å². The zero-order valence-corrected chi connectivity index (χ0v) is 15.8. The van der Waals surface area contributed by atoms with E-state index in [-0.39, 0.29) is 4.90 Å². The van der Waals surface area contributed by atoms with E-state index in [9.17, 15) is 13.2 Å². The third-order valence-corrected chi connectivity index (χ3v) is 5.38. The first-order valence-electron chi connectivity index (χ1n) is 8.05. The van der Waals surface area contributed by atoms with E-state index in [2.05, 4.69) is 4.72 Å². The maximum absolute atomic E-state index is 12.7. The van der Waals surface area contributed by atoms with Crippen LogP contribution in [-0.4, -0.2) is 26.1 Å². The van der Waals surface area contributed by atoms with Crippen molar-refractivity contribution in [3.05, 3.63) is 59.1 Å². The SMILES string of the molecule is CCCC(NS(=O)(=O)c1ccc(Cl)cc1)c1ccccc1OCC(=O)O. The zero-order chi connectivity index (χ0) is 19.2. The minimum Gasteiger partial charge on any atom is -0.482 e. The lowest BCUT2D eigenvalue weighted by molar-refractivity contribution is -0.139. The van der Waals surface area contributed by atoms with Gasteiger partial charge in [0, 0.05) is 10.6 Å². The van der Waals surface area contributed by atoms with Crippen molar-refractivity contribution >= 4 is 27.6 Å². The fraction of sp³-hybridized carbons (Fsp3) is 0.278. The molecular formula is C18H20ClNO5S. The van der Waals surface area contributed by atoms with Gasteiger partial charge < -0.3 is 9.84 Å². The number of ether oxygens (including phenoxy) is 1. The summed E-state index contributed by atoms with van der Waals surface area (Å²) < 4.78 is 33.4. The molecule has 2 aromatic rings. The lowest BCUT2D eigenvalue weighted by Crippen LogP contribution is -2.29. The monoisotopic (exact) mass is 397 g/mol. The molecule has 2 rings (SSSR count). The molecule has 8 heteroatoms. The second kappa shape index (κ2) is 9.02. The Kier molecular flexibility index (Phi) is 7.02. The van der Waals surface area contributed by atoms with Crippen LogP contribution in [0.2, 0.25) is 5.02 Å². The third kappa shape index (κ3) is 5.45. The van der Waals surface area contributed by atoms with Crippen molar-refractivity contribution in [3.63, 3.8) is 0 Å². The van der Waals surface area contributed by atoms with E-state index in [1.165, 1.54) is 24.3 Å². The molecule has 0 aromatic heterocycles. The van der Waals surface area contributed by atoms with Gasteiger partial charge in [-0.2, -0.15) is 0 Å². The summed E-state index contributed by atoms with van der Waals surface area (Å²) in [6, 6.07) is 12.1. The molecule has 140 valence electrons. The van der Waals surface area contributed by atoms with Crippen molar-refractivity contribution < 1.29 is 23.1 Å². The van der Waals surface area contributed by atoms with Gasteiger partial charge in [0.1, 0.15) is 5.75 Å². The summed E-state index contributed by atoms with van der Waals surface area (Å²) in [4.78, 5) is 10.9. The largest absolute Gasteiger partial charge is 0.482 e. The fourth-order valence-corrected chi connectivity index (χ4v) is 3.85. The molecule has 26 heavy (non-hydrogen) atoms. The van der Waals surface area contributed by atoms with Crippen molar-refractivity contribution in [2.24, 2.45) is 0 Å². The lowest BCUT2D eigenvalue weighted by Gasteiger charge is -2.21. The number of rotatable bonds is 9. The second-order valence-corrected chi connectivity index (χ2v) is 7.79. The first-order chi connectivity index (χ1) is 12.3. The Morgan fingerprint density at radius 2 is 1.85 bits per heavy atom. The van der Waals surface area contributed by atoms with E-state index in [4.69, 9.17) is 21.4 Å². The topological polar surface area (TPSA) is 92.7 Å². The van der Waals surface area contributed by atoms with Crippen LogP contribution >= 0.6 is 11.6 Å². The number of aliphatic carboxylic acids is 1. The molecule has 0 spiro atoms. The van der Waals surface area contributed by atoms with Gasteiger partial charge in [-0.05, 0) is 36.8 Å². The molecule has 0 saturated heterocycles. The third-order valence-electron chi connectivity index (χ3n) is 3.64. The van der Waals surface area contributed by atoms with Crippen molar-refractivity contribution in [1.82, 2.24) is 4.72 Å². The molecule has 6 nitrogen and oxygen atoms in total. The van der Waals surface area contributed by atoms with Crippen LogP contribution in [0.15, 0.2) is 53.4 Å². The minimum atomic E-state index is -3.78.